The van der Waals surface area contributed by atoms with E-state index >= 15 is 0 Å². The molecule has 2 rings (SSSR count). The molecule has 0 radical (unpaired) electrons. The van der Waals surface area contributed by atoms with Crippen molar-refractivity contribution in [2.45, 2.75) is 58.8 Å². The van der Waals surface area contributed by atoms with Crippen molar-refractivity contribution in [1.29, 1.82) is 0 Å². The van der Waals surface area contributed by atoms with Gasteiger partial charge in [-0.05, 0) is 61.2 Å². The molecule has 112 valence electrons. The highest BCUT2D eigenvalue weighted by molar-refractivity contribution is 5.26. The number of hydrogen-bond acceptors (Lipinski definition) is 1. The van der Waals surface area contributed by atoms with Crippen molar-refractivity contribution in [2.75, 3.05) is 13.1 Å². The molecule has 20 heavy (non-hydrogen) atoms. The molecule has 0 saturated heterocycles. The van der Waals surface area contributed by atoms with Crippen LogP contribution in [-0.4, -0.2) is 13.1 Å². The Balaban J connectivity index is 2.08. The van der Waals surface area contributed by atoms with Crippen molar-refractivity contribution in [3.05, 3.63) is 35.4 Å². The maximum atomic E-state index is 3.56. The first-order valence-electron chi connectivity index (χ1n) is 8.54. The lowest BCUT2D eigenvalue weighted by Crippen LogP contribution is -2.31. The Bertz CT molecular complexity index is 379. The molecule has 3 unspecified atom stereocenters. The van der Waals surface area contributed by atoms with Crippen LogP contribution in [0.25, 0.3) is 0 Å². The first-order valence-corrected chi connectivity index (χ1v) is 8.54. The van der Waals surface area contributed by atoms with E-state index in [0.717, 1.165) is 24.3 Å². The molecule has 3 atom stereocenters. The fraction of sp³-hybridized carbons (Fsp3) is 0.684. The van der Waals surface area contributed by atoms with Gasteiger partial charge in [0, 0.05) is 0 Å². The van der Waals surface area contributed by atoms with Gasteiger partial charge in [-0.15, -0.1) is 0 Å². The van der Waals surface area contributed by atoms with Gasteiger partial charge in [-0.2, -0.15) is 0 Å². The molecule has 0 heterocycles. The quantitative estimate of drug-likeness (QED) is 0.787. The van der Waals surface area contributed by atoms with Crippen LogP contribution in [0.2, 0.25) is 0 Å². The largest absolute Gasteiger partial charge is 0.317 e. The Morgan fingerprint density at radius 1 is 1.10 bits per heavy atom. The van der Waals surface area contributed by atoms with Gasteiger partial charge in [-0.1, -0.05) is 57.9 Å². The molecular weight excluding hydrogens is 242 g/mol. The smallest absolute Gasteiger partial charge is 0.00148 e. The lowest BCUT2D eigenvalue weighted by molar-refractivity contribution is 0.242. The zero-order valence-corrected chi connectivity index (χ0v) is 13.5. The van der Waals surface area contributed by atoms with Crippen LogP contribution in [0.15, 0.2) is 24.3 Å². The summed E-state index contributed by atoms with van der Waals surface area (Å²) in [4.78, 5) is 0. The van der Waals surface area contributed by atoms with Crippen LogP contribution >= 0.6 is 0 Å². The number of aryl methyl sites for hydroxylation is 1. The van der Waals surface area contributed by atoms with Gasteiger partial charge in [0.15, 0.2) is 0 Å². The monoisotopic (exact) mass is 273 g/mol. The van der Waals surface area contributed by atoms with Crippen molar-refractivity contribution in [3.8, 4) is 0 Å². The van der Waals surface area contributed by atoms with Gasteiger partial charge in [-0.3, -0.25) is 0 Å². The van der Waals surface area contributed by atoms with Gasteiger partial charge in [0.1, 0.15) is 0 Å². The van der Waals surface area contributed by atoms with Crippen LogP contribution < -0.4 is 5.32 Å². The molecule has 1 saturated carbocycles. The normalized spacial score (nSPS) is 26.6. The predicted molar refractivity (Wildman–Crippen MR) is 88.2 cm³/mol. The van der Waals surface area contributed by atoms with Crippen LogP contribution in [0.4, 0.5) is 0 Å². The maximum absolute atomic E-state index is 3.56. The van der Waals surface area contributed by atoms with Crippen molar-refractivity contribution >= 4 is 0 Å². The van der Waals surface area contributed by atoms with E-state index in [4.69, 9.17) is 0 Å². The molecule has 1 fully saturated rings. The highest BCUT2D eigenvalue weighted by Crippen LogP contribution is 2.40. The second kappa shape index (κ2) is 7.83. The summed E-state index contributed by atoms with van der Waals surface area (Å²) in [5.41, 5.74) is 3.06. The van der Waals surface area contributed by atoms with Crippen LogP contribution in [0.3, 0.4) is 0 Å². The molecular formula is C19H31N. The first-order chi connectivity index (χ1) is 9.74. The van der Waals surface area contributed by atoms with Gasteiger partial charge < -0.3 is 5.32 Å². The molecule has 1 heteroatoms. The lowest BCUT2D eigenvalue weighted by Gasteiger charge is -2.35. The van der Waals surface area contributed by atoms with E-state index in [-0.39, 0.29) is 0 Å². The molecule has 1 N–H and O–H groups in total. The standard InChI is InChI=1S/C19H31N/c1-4-6-16-8-11-17(12-9-16)19-13-15(3)7-10-18(19)14-20-5-2/h8-9,11-12,15,18-20H,4-7,10,13-14H2,1-3H3. The average Bonchev–Trinajstić information content (AvgIpc) is 2.47. The fourth-order valence-electron chi connectivity index (χ4n) is 3.65. The van der Waals surface area contributed by atoms with Crippen molar-refractivity contribution in [1.82, 2.24) is 5.32 Å². The summed E-state index contributed by atoms with van der Waals surface area (Å²) in [7, 11) is 0. The molecule has 1 nitrogen and oxygen atoms in total. The summed E-state index contributed by atoms with van der Waals surface area (Å²) >= 11 is 0. The van der Waals surface area contributed by atoms with Gasteiger partial charge >= 0.3 is 0 Å². The molecule has 0 amide bonds. The van der Waals surface area contributed by atoms with Crippen molar-refractivity contribution in [3.63, 3.8) is 0 Å². The summed E-state index contributed by atoms with van der Waals surface area (Å²) < 4.78 is 0. The molecule has 0 aliphatic heterocycles. The topological polar surface area (TPSA) is 12.0 Å². The highest BCUT2D eigenvalue weighted by Gasteiger charge is 2.29. The third-order valence-electron chi connectivity index (χ3n) is 4.86. The fourth-order valence-corrected chi connectivity index (χ4v) is 3.65. The second-order valence-electron chi connectivity index (χ2n) is 6.58. The van der Waals surface area contributed by atoms with Gasteiger partial charge in [0.2, 0.25) is 0 Å². The molecule has 1 aromatic rings. The van der Waals surface area contributed by atoms with Gasteiger partial charge in [0.25, 0.3) is 0 Å². The molecule has 1 aliphatic rings. The van der Waals surface area contributed by atoms with E-state index in [0.29, 0.717) is 0 Å². The zero-order chi connectivity index (χ0) is 14.4. The third kappa shape index (κ3) is 4.09. The summed E-state index contributed by atoms with van der Waals surface area (Å²) in [5.74, 6) is 2.46. The number of hydrogen-bond donors (Lipinski definition) is 1. The summed E-state index contributed by atoms with van der Waals surface area (Å²) in [6, 6.07) is 9.49. The minimum Gasteiger partial charge on any atom is -0.317 e. The van der Waals surface area contributed by atoms with Crippen LogP contribution in [0.1, 0.15) is 63.5 Å². The average molecular weight is 273 g/mol. The van der Waals surface area contributed by atoms with E-state index in [1.54, 1.807) is 5.56 Å². The van der Waals surface area contributed by atoms with Crippen molar-refractivity contribution in [2.24, 2.45) is 11.8 Å². The van der Waals surface area contributed by atoms with Crippen LogP contribution in [0.5, 0.6) is 0 Å². The Morgan fingerprint density at radius 2 is 1.85 bits per heavy atom. The molecule has 0 aromatic heterocycles. The van der Waals surface area contributed by atoms with E-state index in [9.17, 15) is 0 Å². The van der Waals surface area contributed by atoms with E-state index in [1.165, 1.54) is 44.2 Å². The minimum atomic E-state index is 0.758. The van der Waals surface area contributed by atoms with E-state index < -0.39 is 0 Å². The second-order valence-corrected chi connectivity index (χ2v) is 6.58. The van der Waals surface area contributed by atoms with E-state index in [2.05, 4.69) is 50.4 Å². The Hall–Kier alpha value is -0.820. The Labute approximate surface area is 125 Å². The van der Waals surface area contributed by atoms with Crippen molar-refractivity contribution < 1.29 is 0 Å². The third-order valence-corrected chi connectivity index (χ3v) is 4.86. The zero-order valence-electron chi connectivity index (χ0n) is 13.5. The predicted octanol–water partition coefficient (Wildman–Crippen LogP) is 4.77. The van der Waals surface area contributed by atoms with Gasteiger partial charge in [-0.25, -0.2) is 0 Å². The molecule has 0 bridgehead atoms. The summed E-state index contributed by atoms with van der Waals surface area (Å²) in [6.07, 6.45) is 6.60. The van der Waals surface area contributed by atoms with Crippen LogP contribution in [-0.2, 0) is 6.42 Å². The lowest BCUT2D eigenvalue weighted by atomic mass is 9.71. The van der Waals surface area contributed by atoms with Crippen LogP contribution in [0, 0.1) is 11.8 Å². The van der Waals surface area contributed by atoms with E-state index in [1.807, 2.05) is 0 Å². The number of nitrogens with one attached hydrogen (secondary N) is 1. The SMILES string of the molecule is CCCc1ccc(C2CC(C)CCC2CNCC)cc1. The number of rotatable bonds is 6. The maximum Gasteiger partial charge on any atom is -0.00148 e. The molecule has 0 spiro atoms. The van der Waals surface area contributed by atoms with Gasteiger partial charge in [0.05, 0.1) is 0 Å². The first kappa shape index (κ1) is 15.6. The molecule has 1 aromatic carbocycles. The Kier molecular flexibility index (Phi) is 6.09. The summed E-state index contributed by atoms with van der Waals surface area (Å²) in [5, 5.41) is 3.56. The highest BCUT2D eigenvalue weighted by atomic mass is 14.8. The molecule has 1 aliphatic carbocycles. The summed E-state index contributed by atoms with van der Waals surface area (Å²) in [6.45, 7) is 9.16. The Morgan fingerprint density at radius 3 is 2.50 bits per heavy atom. The number of benzene rings is 1. The minimum absolute atomic E-state index is 0.758.